The minimum absolute atomic E-state index is 0.0207. The predicted molar refractivity (Wildman–Crippen MR) is 94.3 cm³/mol. The fourth-order valence-corrected chi connectivity index (χ4v) is 1.95. The average Bonchev–Trinajstić information content (AvgIpc) is 2.60. The minimum atomic E-state index is -1.64. The van der Waals surface area contributed by atoms with E-state index in [2.05, 4.69) is 10.6 Å². The zero-order valence-electron chi connectivity index (χ0n) is 15.5. The average molecular weight is 405 g/mol. The number of carboxylic acids is 1. The van der Waals surface area contributed by atoms with Crippen molar-refractivity contribution in [1.29, 1.82) is 0 Å². The van der Waals surface area contributed by atoms with Gasteiger partial charge in [-0.2, -0.15) is 0 Å². The summed E-state index contributed by atoms with van der Waals surface area (Å²) in [6, 6.07) is -5.39. The number of hydrogen-bond acceptors (Lipinski definition) is 8. The summed E-state index contributed by atoms with van der Waals surface area (Å²) in [4.78, 5) is 57.7. The second-order valence-corrected chi connectivity index (χ2v) is 6.15. The third-order valence-electron chi connectivity index (χ3n) is 3.65. The van der Waals surface area contributed by atoms with Crippen LogP contribution in [0, 0.1) is 0 Å². The number of primary amides is 1. The molecule has 0 aliphatic rings. The summed E-state index contributed by atoms with van der Waals surface area (Å²) in [5, 5.41) is 34.0. The first-order chi connectivity index (χ1) is 12.9. The van der Waals surface area contributed by atoms with E-state index in [0.29, 0.717) is 0 Å². The van der Waals surface area contributed by atoms with Gasteiger partial charge in [-0.15, -0.1) is 0 Å². The van der Waals surface area contributed by atoms with Gasteiger partial charge in [0.2, 0.25) is 23.6 Å². The van der Waals surface area contributed by atoms with Crippen LogP contribution in [0.2, 0.25) is 0 Å². The van der Waals surface area contributed by atoms with Gasteiger partial charge in [-0.1, -0.05) is 0 Å². The first kappa shape index (κ1) is 25.2. The summed E-state index contributed by atoms with van der Waals surface area (Å²) < 4.78 is 0. The molecule has 0 aromatic carbocycles. The molecule has 0 fully saturated rings. The maximum atomic E-state index is 12.1. The second-order valence-electron chi connectivity index (χ2n) is 6.15. The largest absolute Gasteiger partial charge is 0.480 e. The SMILES string of the molecule is CC(NC(=O)C(N)CCC(N)=O)C(=O)NC(CO)C(=O)NC(C(=O)O)C(C)O. The lowest BCUT2D eigenvalue weighted by Crippen LogP contribution is -2.58. The number of rotatable bonds is 12. The van der Waals surface area contributed by atoms with Crippen LogP contribution >= 0.6 is 0 Å². The molecule has 0 aliphatic carbocycles. The minimum Gasteiger partial charge on any atom is -0.480 e. The highest BCUT2D eigenvalue weighted by Crippen LogP contribution is 1.97. The number of aliphatic carboxylic acids is 1. The Bertz CT molecular complexity index is 597. The highest BCUT2D eigenvalue weighted by Gasteiger charge is 2.30. The van der Waals surface area contributed by atoms with Gasteiger partial charge < -0.3 is 42.7 Å². The van der Waals surface area contributed by atoms with Crippen LogP contribution in [0.5, 0.6) is 0 Å². The molecule has 13 heteroatoms. The van der Waals surface area contributed by atoms with Crippen molar-refractivity contribution in [2.75, 3.05) is 6.61 Å². The number of carboxylic acid groups (broad SMARTS) is 1. The number of carbonyl (C=O) groups excluding carboxylic acids is 4. The van der Waals surface area contributed by atoms with Crippen molar-refractivity contribution >= 4 is 29.6 Å². The van der Waals surface area contributed by atoms with E-state index >= 15 is 0 Å². The second kappa shape index (κ2) is 11.8. The highest BCUT2D eigenvalue weighted by molar-refractivity contribution is 5.94. The van der Waals surface area contributed by atoms with Crippen LogP contribution in [0.4, 0.5) is 0 Å². The Morgan fingerprint density at radius 1 is 0.964 bits per heavy atom. The Kier molecular flexibility index (Phi) is 10.7. The predicted octanol–water partition coefficient (Wildman–Crippen LogP) is -4.49. The van der Waals surface area contributed by atoms with E-state index in [1.54, 1.807) is 0 Å². The highest BCUT2D eigenvalue weighted by atomic mass is 16.4. The van der Waals surface area contributed by atoms with Gasteiger partial charge in [0.15, 0.2) is 6.04 Å². The molecule has 0 aromatic heterocycles. The quantitative estimate of drug-likeness (QED) is 0.156. The van der Waals surface area contributed by atoms with E-state index < -0.39 is 66.5 Å². The van der Waals surface area contributed by atoms with Crippen LogP contribution in [0.1, 0.15) is 26.7 Å². The molecule has 10 N–H and O–H groups in total. The molecule has 0 heterocycles. The first-order valence-electron chi connectivity index (χ1n) is 8.37. The lowest BCUT2D eigenvalue weighted by atomic mass is 10.1. The maximum absolute atomic E-state index is 12.1. The zero-order chi connectivity index (χ0) is 22.0. The molecule has 0 saturated heterocycles. The number of aliphatic hydroxyl groups excluding tert-OH is 2. The number of amides is 4. The number of hydrogen-bond donors (Lipinski definition) is 8. The maximum Gasteiger partial charge on any atom is 0.328 e. The molecule has 5 atom stereocenters. The van der Waals surface area contributed by atoms with Gasteiger partial charge in [0.05, 0.1) is 18.8 Å². The molecule has 0 spiro atoms. The molecule has 0 aliphatic heterocycles. The van der Waals surface area contributed by atoms with Crippen LogP contribution in [-0.4, -0.2) is 81.8 Å². The normalized spacial score (nSPS) is 16.0. The molecule has 4 amide bonds. The van der Waals surface area contributed by atoms with Gasteiger partial charge in [-0.3, -0.25) is 19.2 Å². The van der Waals surface area contributed by atoms with Crippen molar-refractivity contribution in [3.63, 3.8) is 0 Å². The fourth-order valence-electron chi connectivity index (χ4n) is 1.95. The molecule has 28 heavy (non-hydrogen) atoms. The third kappa shape index (κ3) is 8.75. The summed E-state index contributed by atoms with van der Waals surface area (Å²) >= 11 is 0. The van der Waals surface area contributed by atoms with E-state index in [1.807, 2.05) is 5.32 Å². The van der Waals surface area contributed by atoms with E-state index in [1.165, 1.54) is 6.92 Å². The van der Waals surface area contributed by atoms with Gasteiger partial charge in [-0.05, 0) is 20.3 Å². The van der Waals surface area contributed by atoms with Gasteiger partial charge >= 0.3 is 5.97 Å². The summed E-state index contributed by atoms with van der Waals surface area (Å²) in [6.45, 7) is 1.57. The summed E-state index contributed by atoms with van der Waals surface area (Å²) in [6.07, 6.45) is -1.56. The van der Waals surface area contributed by atoms with Crippen LogP contribution in [-0.2, 0) is 24.0 Å². The van der Waals surface area contributed by atoms with E-state index in [-0.39, 0.29) is 12.8 Å². The lowest BCUT2D eigenvalue weighted by molar-refractivity contribution is -0.145. The Balaban J connectivity index is 4.77. The summed E-state index contributed by atoms with van der Waals surface area (Å²) in [7, 11) is 0. The molecule has 0 rings (SSSR count). The van der Waals surface area contributed by atoms with Crippen molar-refractivity contribution in [2.45, 2.75) is 57.0 Å². The molecule has 5 unspecified atom stereocenters. The molecular formula is C15H27N5O8. The topological polar surface area (TPSA) is 234 Å². The Labute approximate surface area is 160 Å². The van der Waals surface area contributed by atoms with Crippen LogP contribution < -0.4 is 27.4 Å². The molecule has 0 saturated carbocycles. The molecule has 0 radical (unpaired) electrons. The van der Waals surface area contributed by atoms with E-state index in [9.17, 15) is 34.2 Å². The monoisotopic (exact) mass is 405 g/mol. The fraction of sp³-hybridized carbons (Fsp3) is 0.667. The number of aliphatic hydroxyl groups is 2. The van der Waals surface area contributed by atoms with Crippen LogP contribution in [0.15, 0.2) is 0 Å². The molecule has 0 bridgehead atoms. The van der Waals surface area contributed by atoms with E-state index in [0.717, 1.165) is 6.92 Å². The zero-order valence-corrected chi connectivity index (χ0v) is 15.5. The van der Waals surface area contributed by atoms with Gasteiger partial charge in [0, 0.05) is 6.42 Å². The van der Waals surface area contributed by atoms with Crippen molar-refractivity contribution in [2.24, 2.45) is 11.5 Å². The molecular weight excluding hydrogens is 378 g/mol. The summed E-state index contributed by atoms with van der Waals surface area (Å²) in [5.74, 6) is -4.76. The van der Waals surface area contributed by atoms with Crippen molar-refractivity contribution in [3.05, 3.63) is 0 Å². The molecule has 160 valence electrons. The lowest BCUT2D eigenvalue weighted by Gasteiger charge is -2.23. The van der Waals surface area contributed by atoms with E-state index in [4.69, 9.17) is 16.6 Å². The molecule has 0 aromatic rings. The van der Waals surface area contributed by atoms with Gasteiger partial charge in [0.25, 0.3) is 0 Å². The Morgan fingerprint density at radius 3 is 1.96 bits per heavy atom. The van der Waals surface area contributed by atoms with Crippen LogP contribution in [0.3, 0.4) is 0 Å². The Hall–Kier alpha value is -2.77. The smallest absolute Gasteiger partial charge is 0.328 e. The van der Waals surface area contributed by atoms with Crippen molar-refractivity contribution in [3.8, 4) is 0 Å². The number of carbonyl (C=O) groups is 5. The molecule has 13 nitrogen and oxygen atoms in total. The van der Waals surface area contributed by atoms with Crippen molar-refractivity contribution < 1.29 is 39.3 Å². The van der Waals surface area contributed by atoms with Crippen molar-refractivity contribution in [1.82, 2.24) is 16.0 Å². The number of nitrogens with two attached hydrogens (primary N) is 2. The first-order valence-corrected chi connectivity index (χ1v) is 8.37. The summed E-state index contributed by atoms with van der Waals surface area (Å²) in [5.41, 5.74) is 10.5. The standard InChI is InChI=1S/C15H27N5O8/c1-6(18-13(25)8(16)3-4-10(17)23)12(24)19-9(5-21)14(26)20-11(7(2)22)15(27)28/h6-9,11,21-22H,3-5,16H2,1-2H3,(H2,17,23)(H,18,25)(H,19,24)(H,20,26)(H,27,28). The Morgan fingerprint density at radius 2 is 1.54 bits per heavy atom. The third-order valence-corrected chi connectivity index (χ3v) is 3.65. The van der Waals surface area contributed by atoms with Gasteiger partial charge in [-0.25, -0.2) is 4.79 Å². The number of nitrogens with one attached hydrogen (secondary N) is 3. The van der Waals surface area contributed by atoms with Gasteiger partial charge in [0.1, 0.15) is 12.1 Å². The van der Waals surface area contributed by atoms with Crippen LogP contribution in [0.25, 0.3) is 0 Å².